The van der Waals surface area contributed by atoms with Crippen LogP contribution in [0.1, 0.15) is 25.6 Å². The first kappa shape index (κ1) is 11.3. The molecule has 2 aromatic rings. The molecule has 86 valence electrons. The zero-order valence-corrected chi connectivity index (χ0v) is 10.6. The number of nitrogens with one attached hydrogen (secondary N) is 1. The highest BCUT2D eigenvalue weighted by atomic mass is 32.1. The summed E-state index contributed by atoms with van der Waals surface area (Å²) in [6.07, 6.45) is 3.72. The third kappa shape index (κ3) is 2.01. The number of aryl methyl sites for hydroxylation is 1. The maximum atomic E-state index is 4.63. The first-order valence-electron chi connectivity index (χ1n) is 5.39. The van der Waals surface area contributed by atoms with Gasteiger partial charge in [0, 0.05) is 18.0 Å². The third-order valence-corrected chi connectivity index (χ3v) is 3.55. The molecule has 2 heterocycles. The van der Waals surface area contributed by atoms with E-state index in [1.807, 2.05) is 19.6 Å². The summed E-state index contributed by atoms with van der Waals surface area (Å²) in [5.74, 6) is 0. The average Bonchev–Trinajstić information content (AvgIpc) is 2.95. The Morgan fingerprint density at radius 2 is 2.38 bits per heavy atom. The highest BCUT2D eigenvalue weighted by molar-refractivity contribution is 7.13. The van der Waals surface area contributed by atoms with E-state index in [1.54, 1.807) is 11.3 Å². The van der Waals surface area contributed by atoms with Crippen molar-refractivity contribution in [1.29, 1.82) is 0 Å². The van der Waals surface area contributed by atoms with Gasteiger partial charge in [0.1, 0.15) is 5.01 Å². The first-order valence-corrected chi connectivity index (χ1v) is 6.27. The van der Waals surface area contributed by atoms with E-state index in [9.17, 15) is 0 Å². The highest BCUT2D eigenvalue weighted by Crippen LogP contribution is 2.25. The number of imidazole rings is 1. The molecule has 1 N–H and O–H groups in total. The smallest absolute Gasteiger partial charge is 0.141 e. The molecule has 0 aliphatic rings. The maximum absolute atomic E-state index is 4.63. The lowest BCUT2D eigenvalue weighted by Crippen LogP contribution is -2.12. The standard InChI is InChI=1S/C11H16N4S/c1-4-15-7-13-5-10(15)11-14-9(6-16-11)8(2)12-3/h5-8,12H,4H2,1-3H3. The largest absolute Gasteiger partial charge is 0.329 e. The monoisotopic (exact) mass is 236 g/mol. The van der Waals surface area contributed by atoms with Crippen LogP contribution in [0.4, 0.5) is 0 Å². The minimum Gasteiger partial charge on any atom is -0.329 e. The first-order chi connectivity index (χ1) is 7.76. The fraction of sp³-hybridized carbons (Fsp3) is 0.455. The molecular weight excluding hydrogens is 220 g/mol. The summed E-state index contributed by atoms with van der Waals surface area (Å²) in [7, 11) is 1.94. The van der Waals surface area contributed by atoms with Crippen molar-refractivity contribution in [3.05, 3.63) is 23.6 Å². The van der Waals surface area contributed by atoms with E-state index >= 15 is 0 Å². The normalized spacial score (nSPS) is 12.9. The zero-order chi connectivity index (χ0) is 11.5. The molecule has 16 heavy (non-hydrogen) atoms. The van der Waals surface area contributed by atoms with Gasteiger partial charge in [0.15, 0.2) is 0 Å². The fourth-order valence-electron chi connectivity index (χ4n) is 1.50. The Kier molecular flexibility index (Phi) is 3.36. The summed E-state index contributed by atoms with van der Waals surface area (Å²) >= 11 is 1.67. The van der Waals surface area contributed by atoms with Crippen molar-refractivity contribution in [2.75, 3.05) is 7.05 Å². The Hall–Kier alpha value is -1.20. The molecular formula is C11H16N4S. The van der Waals surface area contributed by atoms with Crippen LogP contribution in [-0.2, 0) is 6.54 Å². The Bertz CT molecular complexity index is 460. The summed E-state index contributed by atoms with van der Waals surface area (Å²) in [6, 6.07) is 0.294. The van der Waals surface area contributed by atoms with Crippen molar-refractivity contribution in [2.24, 2.45) is 0 Å². The van der Waals surface area contributed by atoms with E-state index in [0.717, 1.165) is 22.9 Å². The van der Waals surface area contributed by atoms with E-state index < -0.39 is 0 Å². The molecule has 0 aliphatic heterocycles. The molecule has 5 heteroatoms. The van der Waals surface area contributed by atoms with Gasteiger partial charge in [0.25, 0.3) is 0 Å². The summed E-state index contributed by atoms with van der Waals surface area (Å²) in [4.78, 5) is 8.78. The molecule has 0 bridgehead atoms. The van der Waals surface area contributed by atoms with Crippen LogP contribution in [0.15, 0.2) is 17.9 Å². The Labute approximate surface area is 99.4 Å². The van der Waals surface area contributed by atoms with Gasteiger partial charge in [-0.05, 0) is 20.9 Å². The fourth-order valence-corrected chi connectivity index (χ4v) is 2.44. The molecule has 0 radical (unpaired) electrons. The molecule has 1 unspecified atom stereocenters. The molecule has 0 saturated heterocycles. The van der Waals surface area contributed by atoms with E-state index in [1.165, 1.54) is 0 Å². The van der Waals surface area contributed by atoms with E-state index in [4.69, 9.17) is 0 Å². The predicted octanol–water partition coefficient (Wildman–Crippen LogP) is 2.31. The number of nitrogens with zero attached hydrogens (tertiary/aromatic N) is 3. The molecule has 0 amide bonds. The minimum atomic E-state index is 0.294. The average molecular weight is 236 g/mol. The van der Waals surface area contributed by atoms with Gasteiger partial charge in [-0.2, -0.15) is 0 Å². The Morgan fingerprint density at radius 1 is 1.56 bits per heavy atom. The molecule has 4 nitrogen and oxygen atoms in total. The van der Waals surface area contributed by atoms with Gasteiger partial charge in [-0.15, -0.1) is 11.3 Å². The minimum absolute atomic E-state index is 0.294. The van der Waals surface area contributed by atoms with Crippen LogP contribution in [0, 0.1) is 0 Å². The van der Waals surface area contributed by atoms with Gasteiger partial charge in [-0.25, -0.2) is 9.97 Å². The third-order valence-electron chi connectivity index (χ3n) is 2.67. The van der Waals surface area contributed by atoms with Gasteiger partial charge in [-0.1, -0.05) is 0 Å². The molecule has 1 atom stereocenters. The molecule has 2 aromatic heterocycles. The van der Waals surface area contributed by atoms with Crippen molar-refractivity contribution in [3.63, 3.8) is 0 Å². The number of thiazole rings is 1. The molecule has 0 aromatic carbocycles. The maximum Gasteiger partial charge on any atom is 0.141 e. The summed E-state index contributed by atoms with van der Waals surface area (Å²) in [6.45, 7) is 5.14. The Balaban J connectivity index is 2.31. The number of hydrogen-bond acceptors (Lipinski definition) is 4. The lowest BCUT2D eigenvalue weighted by atomic mass is 10.3. The van der Waals surface area contributed by atoms with Crippen LogP contribution in [0.25, 0.3) is 10.7 Å². The van der Waals surface area contributed by atoms with E-state index in [2.05, 4.69) is 39.1 Å². The van der Waals surface area contributed by atoms with Crippen LogP contribution in [0.3, 0.4) is 0 Å². The molecule has 0 fully saturated rings. The van der Waals surface area contributed by atoms with Crippen LogP contribution in [0.2, 0.25) is 0 Å². The second-order valence-electron chi connectivity index (χ2n) is 3.65. The van der Waals surface area contributed by atoms with E-state index in [0.29, 0.717) is 6.04 Å². The van der Waals surface area contributed by atoms with Crippen molar-refractivity contribution in [2.45, 2.75) is 26.4 Å². The van der Waals surface area contributed by atoms with Gasteiger partial charge in [0.2, 0.25) is 0 Å². The molecule has 0 aliphatic carbocycles. The van der Waals surface area contributed by atoms with E-state index in [-0.39, 0.29) is 0 Å². The summed E-state index contributed by atoms with van der Waals surface area (Å²) < 4.78 is 2.10. The molecule has 2 rings (SSSR count). The summed E-state index contributed by atoms with van der Waals surface area (Å²) in [5, 5.41) is 6.33. The second kappa shape index (κ2) is 4.76. The number of rotatable bonds is 4. The predicted molar refractivity (Wildman–Crippen MR) is 66.5 cm³/mol. The van der Waals surface area contributed by atoms with Gasteiger partial charge >= 0.3 is 0 Å². The molecule has 0 saturated carbocycles. The second-order valence-corrected chi connectivity index (χ2v) is 4.51. The van der Waals surface area contributed by atoms with Crippen molar-refractivity contribution in [3.8, 4) is 10.7 Å². The topological polar surface area (TPSA) is 42.7 Å². The van der Waals surface area contributed by atoms with Crippen molar-refractivity contribution >= 4 is 11.3 Å². The van der Waals surface area contributed by atoms with Crippen LogP contribution in [-0.4, -0.2) is 21.6 Å². The number of aromatic nitrogens is 3. The lowest BCUT2D eigenvalue weighted by molar-refractivity contribution is 0.637. The van der Waals surface area contributed by atoms with Crippen LogP contribution >= 0.6 is 11.3 Å². The van der Waals surface area contributed by atoms with Gasteiger partial charge in [0.05, 0.1) is 23.9 Å². The highest BCUT2D eigenvalue weighted by Gasteiger charge is 2.11. The van der Waals surface area contributed by atoms with Gasteiger partial charge < -0.3 is 9.88 Å². The number of hydrogen-bond donors (Lipinski definition) is 1. The van der Waals surface area contributed by atoms with Crippen LogP contribution < -0.4 is 5.32 Å². The summed E-state index contributed by atoms with van der Waals surface area (Å²) in [5.41, 5.74) is 2.19. The lowest BCUT2D eigenvalue weighted by Gasteiger charge is -2.05. The quantitative estimate of drug-likeness (QED) is 0.885. The Morgan fingerprint density at radius 3 is 3.06 bits per heavy atom. The zero-order valence-electron chi connectivity index (χ0n) is 9.77. The van der Waals surface area contributed by atoms with Crippen LogP contribution in [0.5, 0.6) is 0 Å². The SMILES string of the molecule is CCn1cncc1-c1nc(C(C)NC)cs1. The molecule has 0 spiro atoms. The van der Waals surface area contributed by atoms with Gasteiger partial charge in [-0.3, -0.25) is 0 Å². The van der Waals surface area contributed by atoms with Crippen molar-refractivity contribution < 1.29 is 0 Å². The van der Waals surface area contributed by atoms with Crippen molar-refractivity contribution in [1.82, 2.24) is 19.9 Å².